The highest BCUT2D eigenvalue weighted by molar-refractivity contribution is 7.89. The van der Waals surface area contributed by atoms with E-state index in [0.717, 1.165) is 0 Å². The van der Waals surface area contributed by atoms with Crippen molar-refractivity contribution < 1.29 is 13.2 Å². The molecule has 5 nitrogen and oxygen atoms in total. The zero-order valence-corrected chi connectivity index (χ0v) is 13.5. The van der Waals surface area contributed by atoms with Crippen LogP contribution >= 0.6 is 11.6 Å². The van der Waals surface area contributed by atoms with Crippen LogP contribution in [0, 0.1) is 0 Å². The average Bonchev–Trinajstić information content (AvgIpc) is 2.45. The van der Waals surface area contributed by atoms with Crippen LogP contribution in [-0.4, -0.2) is 27.6 Å². The van der Waals surface area contributed by atoms with Crippen molar-refractivity contribution in [2.45, 2.75) is 37.1 Å². The van der Waals surface area contributed by atoms with Crippen molar-refractivity contribution in [2.24, 2.45) is 5.73 Å². The molecule has 3 N–H and O–H groups in total. The maximum absolute atomic E-state index is 12.5. The highest BCUT2D eigenvalue weighted by Crippen LogP contribution is 2.28. The van der Waals surface area contributed by atoms with Crippen LogP contribution in [0.25, 0.3) is 0 Å². The van der Waals surface area contributed by atoms with Crippen LogP contribution < -0.4 is 15.2 Å². The van der Waals surface area contributed by atoms with Gasteiger partial charge in [-0.25, -0.2) is 13.1 Å². The Morgan fingerprint density at radius 2 is 1.95 bits per heavy atom. The summed E-state index contributed by atoms with van der Waals surface area (Å²) in [6.07, 6.45) is 1.20. The van der Waals surface area contributed by atoms with Gasteiger partial charge in [0.1, 0.15) is 10.6 Å². The number of hydrogen-bond donors (Lipinski definition) is 2. The highest BCUT2D eigenvalue weighted by Gasteiger charge is 2.32. The van der Waals surface area contributed by atoms with E-state index in [1.165, 1.54) is 19.2 Å². The van der Waals surface area contributed by atoms with E-state index in [1.807, 2.05) is 13.8 Å². The fourth-order valence-corrected chi connectivity index (χ4v) is 3.95. The van der Waals surface area contributed by atoms with Gasteiger partial charge < -0.3 is 10.5 Å². The number of ether oxygens (including phenoxy) is 1. The molecule has 0 aliphatic heterocycles. The van der Waals surface area contributed by atoms with Gasteiger partial charge in [0.25, 0.3) is 0 Å². The van der Waals surface area contributed by atoms with E-state index in [2.05, 4.69) is 4.72 Å². The molecular formula is C13H21ClN2O3S. The number of benzene rings is 1. The van der Waals surface area contributed by atoms with E-state index in [9.17, 15) is 8.42 Å². The topological polar surface area (TPSA) is 81.4 Å². The molecule has 7 heteroatoms. The van der Waals surface area contributed by atoms with Gasteiger partial charge in [-0.2, -0.15) is 0 Å². The molecule has 0 heterocycles. The van der Waals surface area contributed by atoms with Crippen LogP contribution in [-0.2, 0) is 10.0 Å². The Morgan fingerprint density at radius 1 is 1.35 bits per heavy atom. The lowest BCUT2D eigenvalue weighted by atomic mass is 9.95. The first-order valence-electron chi connectivity index (χ1n) is 6.41. The Labute approximate surface area is 125 Å². The summed E-state index contributed by atoms with van der Waals surface area (Å²) in [6.45, 7) is 4.01. The molecule has 0 fully saturated rings. The molecule has 0 aromatic heterocycles. The first-order valence-corrected chi connectivity index (χ1v) is 8.28. The lowest BCUT2D eigenvalue weighted by Crippen LogP contribution is -2.52. The van der Waals surface area contributed by atoms with Crippen molar-refractivity contribution in [1.29, 1.82) is 0 Å². The van der Waals surface area contributed by atoms with Crippen LogP contribution in [0.15, 0.2) is 23.1 Å². The summed E-state index contributed by atoms with van der Waals surface area (Å²) in [4.78, 5) is -0.00163. The molecule has 114 valence electrons. The van der Waals surface area contributed by atoms with E-state index >= 15 is 0 Å². The minimum Gasteiger partial charge on any atom is -0.497 e. The van der Waals surface area contributed by atoms with Gasteiger partial charge in [0, 0.05) is 18.2 Å². The Balaban J connectivity index is 3.23. The maximum atomic E-state index is 12.5. The standard InChI is InChI=1S/C13H21ClN2O3S/c1-4-13(5-2,9-15)16-20(17,18)12-8-10(19-3)6-7-11(12)14/h6-8,16H,4-5,9,15H2,1-3H3. The van der Waals surface area contributed by atoms with E-state index in [4.69, 9.17) is 22.1 Å². The molecule has 0 atom stereocenters. The first kappa shape index (κ1) is 17.2. The molecule has 0 radical (unpaired) electrons. The monoisotopic (exact) mass is 320 g/mol. The van der Waals surface area contributed by atoms with Gasteiger partial charge in [-0.05, 0) is 25.0 Å². The van der Waals surface area contributed by atoms with Crippen LogP contribution in [0.4, 0.5) is 0 Å². The smallest absolute Gasteiger partial charge is 0.242 e. The molecule has 0 amide bonds. The minimum atomic E-state index is -3.76. The number of sulfonamides is 1. The molecule has 0 bridgehead atoms. The van der Waals surface area contributed by atoms with E-state index in [0.29, 0.717) is 18.6 Å². The van der Waals surface area contributed by atoms with E-state index < -0.39 is 15.6 Å². The summed E-state index contributed by atoms with van der Waals surface area (Å²) in [7, 11) is -2.29. The summed E-state index contributed by atoms with van der Waals surface area (Å²) >= 11 is 5.99. The third-order valence-corrected chi connectivity index (χ3v) is 5.58. The molecule has 1 aromatic rings. The summed E-state index contributed by atoms with van der Waals surface area (Å²) in [5.41, 5.74) is 5.06. The number of nitrogens with one attached hydrogen (secondary N) is 1. The predicted molar refractivity (Wildman–Crippen MR) is 80.7 cm³/mol. The first-order chi connectivity index (χ1) is 9.34. The maximum Gasteiger partial charge on any atom is 0.242 e. The van der Waals surface area contributed by atoms with Crippen molar-refractivity contribution in [3.8, 4) is 5.75 Å². The van der Waals surface area contributed by atoms with Crippen LogP contribution in [0.1, 0.15) is 26.7 Å². The average molecular weight is 321 g/mol. The summed E-state index contributed by atoms with van der Waals surface area (Å²) in [5, 5.41) is 0.149. The SMILES string of the molecule is CCC(CC)(CN)NS(=O)(=O)c1cc(OC)ccc1Cl. The number of nitrogens with two attached hydrogens (primary N) is 1. The molecule has 1 aromatic carbocycles. The van der Waals surface area contributed by atoms with Crippen molar-refractivity contribution in [3.63, 3.8) is 0 Å². The number of hydrogen-bond acceptors (Lipinski definition) is 4. The fourth-order valence-electron chi connectivity index (χ4n) is 1.88. The largest absolute Gasteiger partial charge is 0.497 e. The van der Waals surface area contributed by atoms with Gasteiger partial charge in [0.2, 0.25) is 10.0 Å². The Bertz CT molecular complexity index is 548. The second-order valence-electron chi connectivity index (χ2n) is 4.59. The Hall–Kier alpha value is -0.820. The summed E-state index contributed by atoms with van der Waals surface area (Å²) in [6, 6.07) is 4.51. The molecule has 0 saturated heterocycles. The zero-order valence-electron chi connectivity index (χ0n) is 11.9. The van der Waals surface area contributed by atoms with Crippen LogP contribution in [0.5, 0.6) is 5.75 Å². The van der Waals surface area contributed by atoms with Gasteiger partial charge in [-0.15, -0.1) is 0 Å². The van der Waals surface area contributed by atoms with Crippen molar-refractivity contribution >= 4 is 21.6 Å². The van der Waals surface area contributed by atoms with Crippen molar-refractivity contribution in [2.75, 3.05) is 13.7 Å². The van der Waals surface area contributed by atoms with Crippen LogP contribution in [0.2, 0.25) is 5.02 Å². The minimum absolute atomic E-state index is 0.00163. The third-order valence-electron chi connectivity index (χ3n) is 3.52. The molecule has 0 saturated carbocycles. The Kier molecular flexibility index (Phi) is 5.82. The molecule has 0 aliphatic rings. The second kappa shape index (κ2) is 6.76. The van der Waals surface area contributed by atoms with Crippen LogP contribution in [0.3, 0.4) is 0 Å². The fraction of sp³-hybridized carbons (Fsp3) is 0.538. The summed E-state index contributed by atoms with van der Waals surface area (Å²) < 4.78 is 32.7. The van der Waals surface area contributed by atoms with E-state index in [-0.39, 0.29) is 16.5 Å². The molecule has 0 unspecified atom stereocenters. The lowest BCUT2D eigenvalue weighted by molar-refractivity contribution is 0.363. The number of rotatable bonds is 7. The van der Waals surface area contributed by atoms with Gasteiger partial charge in [-0.3, -0.25) is 0 Å². The normalized spacial score (nSPS) is 12.4. The summed E-state index contributed by atoms with van der Waals surface area (Å²) in [5.74, 6) is 0.432. The van der Waals surface area contributed by atoms with Gasteiger partial charge in [0.15, 0.2) is 0 Å². The second-order valence-corrected chi connectivity index (χ2v) is 6.65. The van der Waals surface area contributed by atoms with Gasteiger partial charge in [-0.1, -0.05) is 25.4 Å². The van der Waals surface area contributed by atoms with Gasteiger partial charge >= 0.3 is 0 Å². The number of halogens is 1. The van der Waals surface area contributed by atoms with Crippen molar-refractivity contribution in [1.82, 2.24) is 4.72 Å². The molecule has 0 spiro atoms. The highest BCUT2D eigenvalue weighted by atomic mass is 35.5. The van der Waals surface area contributed by atoms with Crippen molar-refractivity contribution in [3.05, 3.63) is 23.2 Å². The quantitative estimate of drug-likeness (QED) is 0.806. The molecule has 0 aliphatic carbocycles. The van der Waals surface area contributed by atoms with E-state index in [1.54, 1.807) is 6.07 Å². The molecular weight excluding hydrogens is 300 g/mol. The predicted octanol–water partition coefficient (Wildman–Crippen LogP) is 2.14. The number of methoxy groups -OCH3 is 1. The molecule has 1 rings (SSSR count). The zero-order chi connectivity index (χ0) is 15.4. The lowest BCUT2D eigenvalue weighted by Gasteiger charge is -2.31. The Morgan fingerprint density at radius 3 is 2.40 bits per heavy atom. The van der Waals surface area contributed by atoms with Gasteiger partial charge in [0.05, 0.1) is 12.1 Å². The molecule has 20 heavy (non-hydrogen) atoms. The third kappa shape index (κ3) is 3.63.